The third kappa shape index (κ3) is 2.83. The molecule has 2 aromatic carbocycles. The Labute approximate surface area is 158 Å². The number of alkyl halides is 3. The number of anilines is 2. The molecule has 2 heterocycles. The van der Waals surface area contributed by atoms with Gasteiger partial charge >= 0.3 is 6.18 Å². The van der Waals surface area contributed by atoms with Gasteiger partial charge in [-0.1, -0.05) is 17.4 Å². The van der Waals surface area contributed by atoms with E-state index in [9.17, 15) is 22.8 Å². The van der Waals surface area contributed by atoms with E-state index in [1.165, 1.54) is 12.1 Å². The Morgan fingerprint density at radius 2 is 1.61 bits per heavy atom. The summed E-state index contributed by atoms with van der Waals surface area (Å²) in [6, 6.07) is 7.57. The summed E-state index contributed by atoms with van der Waals surface area (Å²) in [5.74, 6) is -1.11. The normalized spacial score (nSPS) is 21.6. The van der Waals surface area contributed by atoms with Crippen molar-refractivity contribution in [3.63, 3.8) is 0 Å². The monoisotopic (exact) mass is 388 g/mol. The molecule has 2 aliphatic heterocycles. The van der Waals surface area contributed by atoms with Gasteiger partial charge in [0, 0.05) is 0 Å². The average Bonchev–Trinajstić information content (AvgIpc) is 3.14. The van der Waals surface area contributed by atoms with Gasteiger partial charge in [0.25, 0.3) is 11.8 Å². The van der Waals surface area contributed by atoms with E-state index in [1.54, 1.807) is 12.1 Å². The van der Waals surface area contributed by atoms with Crippen LogP contribution in [0.2, 0.25) is 0 Å². The van der Waals surface area contributed by atoms with Crippen LogP contribution in [0.15, 0.2) is 52.8 Å². The van der Waals surface area contributed by atoms with E-state index in [2.05, 4.69) is 10.3 Å². The third-order valence-electron chi connectivity index (χ3n) is 4.68. The van der Waals surface area contributed by atoms with Gasteiger partial charge < -0.3 is 0 Å². The molecule has 0 saturated carbocycles. The van der Waals surface area contributed by atoms with Crippen molar-refractivity contribution in [1.29, 1.82) is 0 Å². The van der Waals surface area contributed by atoms with E-state index in [4.69, 9.17) is 0 Å². The fourth-order valence-electron chi connectivity index (χ4n) is 3.53. The maximum absolute atomic E-state index is 13.0. The van der Waals surface area contributed by atoms with Crippen molar-refractivity contribution < 1.29 is 22.8 Å². The number of hydrogen-bond acceptors (Lipinski definition) is 5. The molecule has 28 heavy (non-hydrogen) atoms. The Kier molecular flexibility index (Phi) is 3.99. The molecule has 0 radical (unpaired) electrons. The van der Waals surface area contributed by atoms with E-state index in [1.807, 2.05) is 19.9 Å². The zero-order chi connectivity index (χ0) is 20.2. The van der Waals surface area contributed by atoms with Crippen molar-refractivity contribution in [3.05, 3.63) is 59.2 Å². The minimum absolute atomic E-state index is 0.0505. The van der Waals surface area contributed by atoms with Gasteiger partial charge in [-0.3, -0.25) is 9.59 Å². The number of hydrogen-bond donors (Lipinski definition) is 0. The second-order valence-corrected chi connectivity index (χ2v) is 6.85. The highest BCUT2D eigenvalue weighted by molar-refractivity contribution is 6.26. The number of imide groups is 1. The largest absolute Gasteiger partial charge is 0.416 e. The van der Waals surface area contributed by atoms with Crippen LogP contribution < -0.4 is 9.91 Å². The van der Waals surface area contributed by atoms with Gasteiger partial charge in [-0.15, -0.1) is 0 Å². The second kappa shape index (κ2) is 6.15. The van der Waals surface area contributed by atoms with Crippen molar-refractivity contribution in [2.75, 3.05) is 9.91 Å². The fourth-order valence-corrected chi connectivity index (χ4v) is 3.53. The summed E-state index contributed by atoms with van der Waals surface area (Å²) in [5, 5.41) is 8.74. The van der Waals surface area contributed by atoms with Gasteiger partial charge in [-0.25, -0.2) is 9.91 Å². The molecule has 0 aromatic heterocycles. The molecular weight excluding hydrogens is 373 g/mol. The molecule has 2 atom stereocenters. The smallest absolute Gasteiger partial charge is 0.271 e. The van der Waals surface area contributed by atoms with Gasteiger partial charge in [0.15, 0.2) is 12.1 Å². The molecule has 9 heteroatoms. The predicted octanol–water partition coefficient (Wildman–Crippen LogP) is 3.82. The Morgan fingerprint density at radius 1 is 0.929 bits per heavy atom. The maximum Gasteiger partial charge on any atom is 0.416 e. The van der Waals surface area contributed by atoms with Gasteiger partial charge in [-0.2, -0.15) is 18.3 Å². The lowest BCUT2D eigenvalue weighted by atomic mass is 10.1. The zero-order valence-corrected chi connectivity index (χ0v) is 14.9. The molecule has 0 bridgehead atoms. The van der Waals surface area contributed by atoms with Crippen molar-refractivity contribution in [3.8, 4) is 0 Å². The topological polar surface area (TPSA) is 65.3 Å². The van der Waals surface area contributed by atoms with Crippen LogP contribution in [0.4, 0.5) is 24.5 Å². The summed E-state index contributed by atoms with van der Waals surface area (Å²) in [6.45, 7) is 3.69. The summed E-state index contributed by atoms with van der Waals surface area (Å²) in [5.41, 5.74) is 1.36. The number of aryl methyl sites for hydroxylation is 2. The lowest BCUT2D eigenvalue weighted by Crippen LogP contribution is -2.40. The highest BCUT2D eigenvalue weighted by Crippen LogP contribution is 2.37. The minimum Gasteiger partial charge on any atom is -0.271 e. The van der Waals surface area contributed by atoms with Crippen molar-refractivity contribution in [2.45, 2.75) is 32.1 Å². The molecule has 2 amide bonds. The summed E-state index contributed by atoms with van der Waals surface area (Å²) in [4.78, 5) is 26.8. The first-order chi connectivity index (χ1) is 13.2. The van der Waals surface area contributed by atoms with E-state index in [-0.39, 0.29) is 5.69 Å². The number of nitrogens with zero attached hydrogens (tertiary/aromatic N) is 4. The lowest BCUT2D eigenvalue weighted by molar-refractivity contribution is -0.137. The Hall–Kier alpha value is -3.23. The minimum atomic E-state index is -4.53. The number of benzene rings is 2. The van der Waals surface area contributed by atoms with Gasteiger partial charge in [0.2, 0.25) is 0 Å². The van der Waals surface area contributed by atoms with E-state index < -0.39 is 35.6 Å². The first-order valence-corrected chi connectivity index (χ1v) is 8.50. The molecule has 0 spiro atoms. The van der Waals surface area contributed by atoms with Gasteiger partial charge in [-0.05, 0) is 55.3 Å². The lowest BCUT2D eigenvalue weighted by Gasteiger charge is -2.21. The molecule has 2 aromatic rings. The van der Waals surface area contributed by atoms with E-state index >= 15 is 0 Å². The molecule has 1 saturated heterocycles. The van der Waals surface area contributed by atoms with Gasteiger partial charge in [0.05, 0.1) is 16.9 Å². The van der Waals surface area contributed by atoms with Gasteiger partial charge in [0.1, 0.15) is 0 Å². The van der Waals surface area contributed by atoms with Crippen LogP contribution in [0.3, 0.4) is 0 Å². The standard InChI is InChI=1S/C19H15F3N4O2/c1-10-6-11(2)8-14(7-10)25-17(27)15-16(18(25)28)26(24-23-15)13-5-3-4-12(9-13)19(20,21)22/h3-9,15-16H,1-2H3/t15-,16-/m0/s1. The van der Waals surface area contributed by atoms with Crippen LogP contribution in [0.1, 0.15) is 16.7 Å². The maximum atomic E-state index is 13.0. The summed E-state index contributed by atoms with van der Waals surface area (Å²) < 4.78 is 39.1. The fraction of sp³-hybridized carbons (Fsp3) is 0.263. The second-order valence-electron chi connectivity index (χ2n) is 6.85. The molecule has 4 rings (SSSR count). The molecule has 2 aliphatic rings. The number of carbonyl (C=O) groups excluding carboxylic acids is 2. The predicted molar refractivity (Wildman–Crippen MR) is 94.8 cm³/mol. The molecule has 1 fully saturated rings. The first-order valence-electron chi connectivity index (χ1n) is 8.50. The van der Waals surface area contributed by atoms with Crippen LogP contribution in [-0.2, 0) is 15.8 Å². The highest BCUT2D eigenvalue weighted by atomic mass is 19.4. The molecule has 144 valence electrons. The van der Waals surface area contributed by atoms with E-state index in [0.717, 1.165) is 33.2 Å². The molecule has 0 unspecified atom stereocenters. The number of fused-ring (bicyclic) bond motifs is 1. The van der Waals surface area contributed by atoms with Crippen LogP contribution in [0.5, 0.6) is 0 Å². The van der Waals surface area contributed by atoms with Crippen molar-refractivity contribution >= 4 is 23.2 Å². The average molecular weight is 388 g/mol. The SMILES string of the molecule is Cc1cc(C)cc(N2C(=O)[C@H]3N=NN(c4cccc(C(F)(F)F)c4)[C@@H]3C2=O)c1. The number of rotatable bonds is 2. The van der Waals surface area contributed by atoms with Crippen molar-refractivity contribution in [2.24, 2.45) is 10.3 Å². The van der Waals surface area contributed by atoms with Crippen molar-refractivity contribution in [1.82, 2.24) is 0 Å². The Balaban J connectivity index is 1.71. The quantitative estimate of drug-likeness (QED) is 0.735. The number of amides is 2. The van der Waals surface area contributed by atoms with Crippen LogP contribution >= 0.6 is 0 Å². The Morgan fingerprint density at radius 3 is 2.25 bits per heavy atom. The molecule has 6 nitrogen and oxygen atoms in total. The number of carbonyl (C=O) groups is 2. The molecule has 0 N–H and O–H groups in total. The van der Waals surface area contributed by atoms with Crippen LogP contribution in [-0.4, -0.2) is 23.9 Å². The zero-order valence-electron chi connectivity index (χ0n) is 14.9. The van der Waals surface area contributed by atoms with E-state index in [0.29, 0.717) is 5.69 Å². The third-order valence-corrected chi connectivity index (χ3v) is 4.68. The molecular formula is C19H15F3N4O2. The number of halogens is 3. The summed E-state index contributed by atoms with van der Waals surface area (Å²) in [7, 11) is 0. The highest BCUT2D eigenvalue weighted by Gasteiger charge is 2.55. The Bertz CT molecular complexity index is 998. The van der Waals surface area contributed by atoms with Crippen LogP contribution in [0.25, 0.3) is 0 Å². The molecule has 0 aliphatic carbocycles. The van der Waals surface area contributed by atoms with Crippen LogP contribution in [0, 0.1) is 13.8 Å². The summed E-state index contributed by atoms with van der Waals surface area (Å²) >= 11 is 0. The first kappa shape index (κ1) is 18.1. The summed E-state index contributed by atoms with van der Waals surface area (Å²) in [6.07, 6.45) is -4.53.